The standard InChI is InChI=1S/C9H14BrN3/c1-12-8(6-9(10)11-12)7-13-4-2-3-5-13/h6H,2-5,7H2,1H3. The Bertz CT molecular complexity index is 289. The summed E-state index contributed by atoms with van der Waals surface area (Å²) in [6.45, 7) is 3.51. The molecule has 0 saturated carbocycles. The van der Waals surface area contributed by atoms with Gasteiger partial charge in [-0.1, -0.05) is 0 Å². The molecule has 0 unspecified atom stereocenters. The second kappa shape index (κ2) is 3.80. The number of rotatable bonds is 2. The van der Waals surface area contributed by atoms with E-state index < -0.39 is 0 Å². The predicted molar refractivity (Wildman–Crippen MR) is 55.4 cm³/mol. The molecule has 0 aliphatic carbocycles. The second-order valence-electron chi connectivity index (χ2n) is 3.57. The molecule has 4 heteroatoms. The van der Waals surface area contributed by atoms with E-state index in [2.05, 4.69) is 32.0 Å². The van der Waals surface area contributed by atoms with Crippen LogP contribution in [0.15, 0.2) is 10.7 Å². The number of nitrogens with zero attached hydrogens (tertiary/aromatic N) is 3. The van der Waals surface area contributed by atoms with Crippen molar-refractivity contribution >= 4 is 15.9 Å². The van der Waals surface area contributed by atoms with E-state index in [0.29, 0.717) is 0 Å². The summed E-state index contributed by atoms with van der Waals surface area (Å²) in [5.74, 6) is 0. The van der Waals surface area contributed by atoms with E-state index in [1.165, 1.54) is 31.6 Å². The molecule has 1 aromatic rings. The first-order valence-corrected chi connectivity index (χ1v) is 5.46. The van der Waals surface area contributed by atoms with Crippen molar-refractivity contribution in [2.75, 3.05) is 13.1 Å². The molecular formula is C9H14BrN3. The first-order chi connectivity index (χ1) is 6.25. The lowest BCUT2D eigenvalue weighted by Gasteiger charge is -2.13. The summed E-state index contributed by atoms with van der Waals surface area (Å²) in [5.41, 5.74) is 1.29. The quantitative estimate of drug-likeness (QED) is 0.790. The lowest BCUT2D eigenvalue weighted by atomic mass is 10.4. The molecule has 0 atom stereocenters. The number of likely N-dealkylation sites (tertiary alicyclic amines) is 1. The summed E-state index contributed by atoms with van der Waals surface area (Å²) in [6.07, 6.45) is 2.69. The fourth-order valence-electron chi connectivity index (χ4n) is 1.79. The van der Waals surface area contributed by atoms with Gasteiger partial charge in [-0.3, -0.25) is 9.58 Å². The van der Waals surface area contributed by atoms with Gasteiger partial charge in [0.25, 0.3) is 0 Å². The first-order valence-electron chi connectivity index (χ1n) is 4.66. The zero-order chi connectivity index (χ0) is 9.26. The Hall–Kier alpha value is -0.350. The second-order valence-corrected chi connectivity index (χ2v) is 4.38. The third kappa shape index (κ3) is 2.11. The Morgan fingerprint density at radius 2 is 2.15 bits per heavy atom. The molecule has 1 aliphatic rings. The van der Waals surface area contributed by atoms with Gasteiger partial charge in [0.15, 0.2) is 0 Å². The predicted octanol–water partition coefficient (Wildman–Crippen LogP) is 1.78. The van der Waals surface area contributed by atoms with Gasteiger partial charge in [-0.2, -0.15) is 5.10 Å². The Kier molecular flexibility index (Phi) is 2.69. The van der Waals surface area contributed by atoms with E-state index in [1.807, 2.05) is 11.7 Å². The van der Waals surface area contributed by atoms with E-state index in [-0.39, 0.29) is 0 Å². The Morgan fingerprint density at radius 3 is 2.69 bits per heavy atom. The largest absolute Gasteiger partial charge is 0.298 e. The molecule has 1 aromatic heterocycles. The topological polar surface area (TPSA) is 21.1 Å². The lowest BCUT2D eigenvalue weighted by Crippen LogP contribution is -2.20. The molecular weight excluding hydrogens is 230 g/mol. The maximum absolute atomic E-state index is 4.26. The molecule has 2 rings (SSSR count). The highest BCUT2D eigenvalue weighted by Gasteiger charge is 2.13. The summed E-state index contributed by atoms with van der Waals surface area (Å²) in [4.78, 5) is 2.48. The van der Waals surface area contributed by atoms with Gasteiger partial charge >= 0.3 is 0 Å². The molecule has 0 bridgehead atoms. The molecule has 1 fully saturated rings. The maximum Gasteiger partial charge on any atom is 0.128 e. The van der Waals surface area contributed by atoms with Crippen LogP contribution < -0.4 is 0 Å². The fourth-order valence-corrected chi connectivity index (χ4v) is 2.29. The molecule has 13 heavy (non-hydrogen) atoms. The van der Waals surface area contributed by atoms with Crippen LogP contribution in [0.5, 0.6) is 0 Å². The molecule has 0 amide bonds. The molecule has 0 N–H and O–H groups in total. The van der Waals surface area contributed by atoms with Crippen LogP contribution in [0.1, 0.15) is 18.5 Å². The van der Waals surface area contributed by atoms with E-state index >= 15 is 0 Å². The zero-order valence-electron chi connectivity index (χ0n) is 7.83. The molecule has 0 spiro atoms. The van der Waals surface area contributed by atoms with Crippen LogP contribution in [0.4, 0.5) is 0 Å². The highest BCUT2D eigenvalue weighted by Crippen LogP contribution is 2.15. The molecule has 72 valence electrons. The smallest absolute Gasteiger partial charge is 0.128 e. The van der Waals surface area contributed by atoms with Gasteiger partial charge in [0.05, 0.1) is 5.69 Å². The average Bonchev–Trinajstić information content (AvgIpc) is 2.63. The van der Waals surface area contributed by atoms with Crippen LogP contribution >= 0.6 is 15.9 Å². The van der Waals surface area contributed by atoms with E-state index in [1.54, 1.807) is 0 Å². The molecule has 0 aromatic carbocycles. The van der Waals surface area contributed by atoms with Crippen molar-refractivity contribution in [2.24, 2.45) is 7.05 Å². The SMILES string of the molecule is Cn1nc(Br)cc1CN1CCCC1. The first kappa shape index (κ1) is 9.21. The van der Waals surface area contributed by atoms with Crippen LogP contribution in [0.25, 0.3) is 0 Å². The van der Waals surface area contributed by atoms with Crippen LogP contribution in [0.3, 0.4) is 0 Å². The number of aryl methyl sites for hydroxylation is 1. The van der Waals surface area contributed by atoms with Gasteiger partial charge in [0, 0.05) is 13.6 Å². The van der Waals surface area contributed by atoms with Crippen molar-refractivity contribution in [3.05, 3.63) is 16.4 Å². The van der Waals surface area contributed by atoms with E-state index in [9.17, 15) is 0 Å². The Balaban J connectivity index is 2.03. The van der Waals surface area contributed by atoms with Crippen LogP contribution in [-0.4, -0.2) is 27.8 Å². The third-order valence-corrected chi connectivity index (χ3v) is 2.92. The summed E-state index contributed by atoms with van der Waals surface area (Å²) in [5, 5.41) is 4.26. The minimum Gasteiger partial charge on any atom is -0.298 e. The summed E-state index contributed by atoms with van der Waals surface area (Å²) in [7, 11) is 2.00. The summed E-state index contributed by atoms with van der Waals surface area (Å²) < 4.78 is 2.88. The maximum atomic E-state index is 4.26. The van der Waals surface area contributed by atoms with Crippen LogP contribution in [0, 0.1) is 0 Å². The molecule has 0 radical (unpaired) electrons. The molecule has 2 heterocycles. The van der Waals surface area contributed by atoms with Gasteiger partial charge in [0.1, 0.15) is 4.60 Å². The third-order valence-electron chi connectivity index (χ3n) is 2.53. The van der Waals surface area contributed by atoms with Crippen molar-refractivity contribution in [1.82, 2.24) is 14.7 Å². The monoisotopic (exact) mass is 243 g/mol. The van der Waals surface area contributed by atoms with Crippen molar-refractivity contribution in [1.29, 1.82) is 0 Å². The van der Waals surface area contributed by atoms with Gasteiger partial charge in [0.2, 0.25) is 0 Å². The van der Waals surface area contributed by atoms with Crippen molar-refractivity contribution in [2.45, 2.75) is 19.4 Å². The van der Waals surface area contributed by atoms with Gasteiger partial charge in [-0.15, -0.1) is 0 Å². The Labute approximate surface area is 86.8 Å². The van der Waals surface area contributed by atoms with Crippen LogP contribution in [0.2, 0.25) is 0 Å². The normalized spacial score (nSPS) is 18.3. The Morgan fingerprint density at radius 1 is 1.46 bits per heavy atom. The zero-order valence-corrected chi connectivity index (χ0v) is 9.42. The fraction of sp³-hybridized carbons (Fsp3) is 0.667. The highest BCUT2D eigenvalue weighted by molar-refractivity contribution is 9.10. The summed E-state index contributed by atoms with van der Waals surface area (Å²) in [6, 6.07) is 2.10. The van der Waals surface area contributed by atoms with Gasteiger partial charge in [-0.25, -0.2) is 0 Å². The lowest BCUT2D eigenvalue weighted by molar-refractivity contribution is 0.321. The van der Waals surface area contributed by atoms with Crippen molar-refractivity contribution in [3.8, 4) is 0 Å². The van der Waals surface area contributed by atoms with Crippen molar-refractivity contribution in [3.63, 3.8) is 0 Å². The van der Waals surface area contributed by atoms with E-state index in [4.69, 9.17) is 0 Å². The van der Waals surface area contributed by atoms with Gasteiger partial charge in [-0.05, 0) is 47.9 Å². The number of hydrogen-bond donors (Lipinski definition) is 0. The summed E-state index contributed by atoms with van der Waals surface area (Å²) >= 11 is 3.38. The minimum absolute atomic E-state index is 0.934. The molecule has 1 saturated heterocycles. The molecule has 1 aliphatic heterocycles. The molecule has 3 nitrogen and oxygen atoms in total. The van der Waals surface area contributed by atoms with E-state index in [0.717, 1.165) is 11.1 Å². The average molecular weight is 244 g/mol. The number of halogens is 1. The highest BCUT2D eigenvalue weighted by atomic mass is 79.9. The number of hydrogen-bond acceptors (Lipinski definition) is 2. The van der Waals surface area contributed by atoms with Crippen LogP contribution in [-0.2, 0) is 13.6 Å². The van der Waals surface area contributed by atoms with Crippen molar-refractivity contribution < 1.29 is 0 Å². The number of aromatic nitrogens is 2. The van der Waals surface area contributed by atoms with Gasteiger partial charge < -0.3 is 0 Å². The minimum atomic E-state index is 0.934.